The maximum absolute atomic E-state index is 12.8. The minimum Gasteiger partial charge on any atom is -0.444 e. The summed E-state index contributed by atoms with van der Waals surface area (Å²) < 4.78 is 12.4. The van der Waals surface area contributed by atoms with Gasteiger partial charge in [-0.1, -0.05) is 18.2 Å². The van der Waals surface area contributed by atoms with Crippen LogP contribution in [0.5, 0.6) is 0 Å². The number of hydrogen-bond acceptors (Lipinski definition) is 4. The first-order valence-electron chi connectivity index (χ1n) is 9.17. The first kappa shape index (κ1) is 20.8. The van der Waals surface area contributed by atoms with Gasteiger partial charge in [0.1, 0.15) is 11.2 Å². The summed E-state index contributed by atoms with van der Waals surface area (Å²) in [4.78, 5) is 24.7. The summed E-state index contributed by atoms with van der Waals surface area (Å²) in [6.07, 6.45) is -0.412. The van der Waals surface area contributed by atoms with E-state index in [1.54, 1.807) is 4.57 Å². The van der Waals surface area contributed by atoms with E-state index in [2.05, 4.69) is 5.32 Å². The lowest BCUT2D eigenvalue weighted by Gasteiger charge is -2.21. The molecule has 0 unspecified atom stereocenters. The van der Waals surface area contributed by atoms with Crippen LogP contribution in [-0.4, -0.2) is 34.5 Å². The molecule has 1 aromatic heterocycles. The summed E-state index contributed by atoms with van der Waals surface area (Å²) >= 11 is 0. The summed E-state index contributed by atoms with van der Waals surface area (Å²) in [5.41, 5.74) is 1.46. The fourth-order valence-corrected chi connectivity index (χ4v) is 2.80. The highest BCUT2D eigenvalue weighted by Crippen LogP contribution is 2.25. The van der Waals surface area contributed by atoms with Gasteiger partial charge in [-0.25, -0.2) is 14.2 Å². The van der Waals surface area contributed by atoms with Crippen molar-refractivity contribution in [3.05, 3.63) is 35.5 Å². The van der Waals surface area contributed by atoms with Crippen LogP contribution in [0.3, 0.4) is 0 Å². The zero-order chi connectivity index (χ0) is 20.4. The number of para-hydroxylation sites is 1. The van der Waals surface area contributed by atoms with E-state index >= 15 is 0 Å². The molecule has 0 aliphatic rings. The first-order valence-corrected chi connectivity index (χ1v) is 9.17. The van der Waals surface area contributed by atoms with Crippen molar-refractivity contribution in [2.24, 2.45) is 0 Å². The molecule has 1 heterocycles. The molecule has 2 aromatic rings. The van der Waals surface area contributed by atoms with Crippen molar-refractivity contribution in [3.63, 3.8) is 0 Å². The molecule has 0 spiro atoms. The van der Waals surface area contributed by atoms with Crippen LogP contribution in [0.2, 0.25) is 0 Å². The lowest BCUT2D eigenvalue weighted by atomic mass is 10.1. The molecule has 0 saturated carbocycles. The van der Waals surface area contributed by atoms with Gasteiger partial charge in [-0.05, 0) is 60.1 Å². The van der Waals surface area contributed by atoms with Crippen LogP contribution in [0.15, 0.2) is 24.3 Å². The molecule has 1 amide bonds. The largest absolute Gasteiger partial charge is 0.444 e. The Balaban J connectivity index is 2.25. The smallest absolute Gasteiger partial charge is 0.419 e. The van der Waals surface area contributed by atoms with Crippen LogP contribution in [0.4, 0.5) is 9.59 Å². The highest BCUT2D eigenvalue weighted by Gasteiger charge is 2.23. The predicted octanol–water partition coefficient (Wildman–Crippen LogP) is 4.80. The van der Waals surface area contributed by atoms with Crippen LogP contribution in [-0.2, 0) is 15.9 Å². The summed E-state index contributed by atoms with van der Waals surface area (Å²) in [5.74, 6) is 0. The Morgan fingerprint density at radius 2 is 1.67 bits per heavy atom. The maximum atomic E-state index is 12.8. The number of hydrogen-bond donors (Lipinski definition) is 1. The quantitative estimate of drug-likeness (QED) is 0.838. The van der Waals surface area contributed by atoms with E-state index in [0.29, 0.717) is 13.0 Å². The van der Waals surface area contributed by atoms with Gasteiger partial charge in [0.2, 0.25) is 0 Å². The first-order chi connectivity index (χ1) is 12.4. The summed E-state index contributed by atoms with van der Waals surface area (Å²) in [5, 5.41) is 3.70. The molecule has 1 aromatic carbocycles. The number of fused-ring (bicyclic) bond motifs is 1. The molecule has 6 heteroatoms. The van der Waals surface area contributed by atoms with Gasteiger partial charge in [-0.3, -0.25) is 0 Å². The molecule has 2 rings (SSSR count). The van der Waals surface area contributed by atoms with Crippen molar-refractivity contribution in [3.8, 4) is 0 Å². The van der Waals surface area contributed by atoms with Crippen LogP contribution in [0.25, 0.3) is 10.9 Å². The molecule has 0 saturated heterocycles. The summed E-state index contributed by atoms with van der Waals surface area (Å²) in [7, 11) is 0. The minimum absolute atomic E-state index is 0.354. The SMILES string of the molecule is Cc1cccc2cc(CCNC(=O)OC(C)(C)C)n(C(=O)OC(C)(C)C)c12. The number of alkyl carbamates (subject to hydrolysis) is 1. The van der Waals surface area contributed by atoms with Gasteiger partial charge in [0.15, 0.2) is 0 Å². The van der Waals surface area contributed by atoms with E-state index < -0.39 is 23.4 Å². The lowest BCUT2D eigenvalue weighted by molar-refractivity contribution is 0.0528. The summed E-state index contributed by atoms with van der Waals surface area (Å²) in [6, 6.07) is 7.85. The summed E-state index contributed by atoms with van der Waals surface area (Å²) in [6.45, 7) is 13.3. The topological polar surface area (TPSA) is 69.6 Å². The second kappa shape index (κ2) is 7.62. The van der Waals surface area contributed by atoms with Gasteiger partial charge in [0.05, 0.1) is 5.52 Å². The molecule has 27 heavy (non-hydrogen) atoms. The zero-order valence-electron chi connectivity index (χ0n) is 17.3. The third-order valence-corrected chi connectivity index (χ3v) is 3.73. The van der Waals surface area contributed by atoms with Gasteiger partial charge < -0.3 is 14.8 Å². The molecule has 0 fully saturated rings. The van der Waals surface area contributed by atoms with Gasteiger partial charge in [0.25, 0.3) is 0 Å². The number of rotatable bonds is 3. The number of nitrogens with zero attached hydrogens (tertiary/aromatic N) is 1. The highest BCUT2D eigenvalue weighted by atomic mass is 16.6. The van der Waals surface area contributed by atoms with E-state index in [1.165, 1.54) is 0 Å². The average molecular weight is 374 g/mol. The van der Waals surface area contributed by atoms with E-state index in [9.17, 15) is 9.59 Å². The van der Waals surface area contributed by atoms with Gasteiger partial charge in [-0.2, -0.15) is 0 Å². The lowest BCUT2D eigenvalue weighted by Crippen LogP contribution is -2.34. The van der Waals surface area contributed by atoms with Crippen molar-refractivity contribution in [2.45, 2.75) is 66.1 Å². The predicted molar refractivity (Wildman–Crippen MR) is 106 cm³/mol. The van der Waals surface area contributed by atoms with Crippen molar-refractivity contribution in [1.29, 1.82) is 0 Å². The Morgan fingerprint density at radius 3 is 2.26 bits per heavy atom. The van der Waals surface area contributed by atoms with Crippen LogP contribution < -0.4 is 5.32 Å². The molecule has 1 N–H and O–H groups in total. The number of benzene rings is 1. The van der Waals surface area contributed by atoms with Crippen molar-refractivity contribution in [1.82, 2.24) is 9.88 Å². The monoisotopic (exact) mass is 374 g/mol. The number of nitrogens with one attached hydrogen (secondary N) is 1. The zero-order valence-corrected chi connectivity index (χ0v) is 17.3. The van der Waals surface area contributed by atoms with Crippen LogP contribution >= 0.6 is 0 Å². The number of ether oxygens (including phenoxy) is 2. The van der Waals surface area contributed by atoms with Crippen LogP contribution in [0, 0.1) is 6.92 Å². The third-order valence-electron chi connectivity index (χ3n) is 3.73. The Labute approximate surface area is 160 Å². The van der Waals surface area contributed by atoms with Gasteiger partial charge in [0, 0.05) is 24.0 Å². The Hall–Kier alpha value is -2.50. The molecule has 0 atom stereocenters. The number of aromatic nitrogens is 1. The van der Waals surface area contributed by atoms with Gasteiger partial charge in [-0.15, -0.1) is 0 Å². The molecular formula is C21H30N2O4. The van der Waals surface area contributed by atoms with Crippen molar-refractivity contribution >= 4 is 23.1 Å². The molecule has 6 nitrogen and oxygen atoms in total. The van der Waals surface area contributed by atoms with Crippen molar-refractivity contribution < 1.29 is 19.1 Å². The molecule has 0 aliphatic carbocycles. The van der Waals surface area contributed by atoms with E-state index in [4.69, 9.17) is 9.47 Å². The third kappa shape index (κ3) is 5.74. The standard InChI is InChI=1S/C21H30N2O4/c1-14-9-8-10-15-13-16(11-12-22-18(24)26-20(2,3)4)23(17(14)15)19(25)27-21(5,6)7/h8-10,13H,11-12H2,1-7H3,(H,22,24). The molecule has 0 aliphatic heterocycles. The normalized spacial score (nSPS) is 12.1. The molecular weight excluding hydrogens is 344 g/mol. The second-order valence-corrected chi connectivity index (χ2v) is 8.64. The Bertz CT molecular complexity index is 838. The number of carbonyl (C=O) groups excluding carboxylic acids is 2. The molecule has 148 valence electrons. The number of aryl methyl sites for hydroxylation is 1. The molecule has 0 bridgehead atoms. The fraction of sp³-hybridized carbons (Fsp3) is 0.524. The van der Waals surface area contributed by atoms with E-state index in [1.807, 2.05) is 72.7 Å². The fourth-order valence-electron chi connectivity index (χ4n) is 2.80. The molecule has 0 radical (unpaired) electrons. The number of carbonyl (C=O) groups is 2. The second-order valence-electron chi connectivity index (χ2n) is 8.64. The number of amides is 1. The van der Waals surface area contributed by atoms with E-state index in [0.717, 1.165) is 22.2 Å². The Kier molecular flexibility index (Phi) is 5.88. The van der Waals surface area contributed by atoms with E-state index in [-0.39, 0.29) is 0 Å². The Morgan fingerprint density at radius 1 is 1.04 bits per heavy atom. The highest BCUT2D eigenvalue weighted by molar-refractivity contribution is 5.93. The maximum Gasteiger partial charge on any atom is 0.419 e. The average Bonchev–Trinajstić information content (AvgIpc) is 2.83. The van der Waals surface area contributed by atoms with Gasteiger partial charge >= 0.3 is 12.2 Å². The van der Waals surface area contributed by atoms with Crippen LogP contribution in [0.1, 0.15) is 52.8 Å². The minimum atomic E-state index is -0.595. The van der Waals surface area contributed by atoms with Crippen molar-refractivity contribution in [2.75, 3.05) is 6.54 Å².